The van der Waals surface area contributed by atoms with Gasteiger partial charge in [0.25, 0.3) is 5.91 Å². The van der Waals surface area contributed by atoms with Gasteiger partial charge in [0.05, 0.1) is 18.8 Å². The lowest BCUT2D eigenvalue weighted by atomic mass is 10.0. The highest BCUT2D eigenvalue weighted by Gasteiger charge is 2.38. The number of aryl methyl sites for hydroxylation is 1. The van der Waals surface area contributed by atoms with Crippen molar-refractivity contribution in [3.63, 3.8) is 0 Å². The quantitative estimate of drug-likeness (QED) is 0.791. The van der Waals surface area contributed by atoms with Gasteiger partial charge in [0, 0.05) is 25.7 Å². The summed E-state index contributed by atoms with van der Waals surface area (Å²) in [7, 11) is 1.79. The first-order valence-corrected chi connectivity index (χ1v) is 8.06. The summed E-state index contributed by atoms with van der Waals surface area (Å²) >= 11 is 0. The molecule has 1 fully saturated rings. The number of amides is 2. The smallest absolute Gasteiger partial charge is 0.410 e. The molecule has 1 aromatic rings. The fraction of sp³-hybridized carbons (Fsp3) is 0.688. The van der Waals surface area contributed by atoms with Crippen LogP contribution in [0.15, 0.2) is 6.20 Å². The molecule has 1 saturated heterocycles. The molecule has 2 aliphatic rings. The van der Waals surface area contributed by atoms with Crippen LogP contribution < -0.4 is 0 Å². The van der Waals surface area contributed by atoms with Gasteiger partial charge < -0.3 is 14.5 Å². The third-order valence-electron chi connectivity index (χ3n) is 4.31. The van der Waals surface area contributed by atoms with Crippen molar-refractivity contribution >= 4 is 12.0 Å². The minimum absolute atomic E-state index is 0.0102. The second kappa shape index (κ2) is 5.54. The van der Waals surface area contributed by atoms with E-state index < -0.39 is 5.60 Å². The van der Waals surface area contributed by atoms with Crippen LogP contribution in [-0.2, 0) is 18.3 Å². The van der Waals surface area contributed by atoms with Gasteiger partial charge >= 0.3 is 6.09 Å². The second-order valence-corrected chi connectivity index (χ2v) is 7.30. The third-order valence-corrected chi connectivity index (χ3v) is 4.31. The van der Waals surface area contributed by atoms with E-state index in [-0.39, 0.29) is 18.0 Å². The molecule has 2 amide bonds. The molecule has 3 rings (SSSR count). The predicted molar refractivity (Wildman–Crippen MR) is 83.9 cm³/mol. The van der Waals surface area contributed by atoms with Crippen LogP contribution in [0.25, 0.3) is 0 Å². The lowest BCUT2D eigenvalue weighted by Gasteiger charge is -2.38. The molecule has 126 valence electrons. The van der Waals surface area contributed by atoms with Crippen molar-refractivity contribution in [1.29, 1.82) is 0 Å². The summed E-state index contributed by atoms with van der Waals surface area (Å²) in [6.07, 6.45) is 3.24. The SMILES string of the molecule is Cn1ncc2c1C(=O)N([C@H]1CCCN(C(=O)OC(C)(C)C)C1)C2. The Morgan fingerprint density at radius 2 is 2.13 bits per heavy atom. The van der Waals surface area contributed by atoms with Crippen LogP contribution in [-0.4, -0.2) is 56.3 Å². The van der Waals surface area contributed by atoms with Crippen LogP contribution in [0.1, 0.15) is 49.7 Å². The van der Waals surface area contributed by atoms with Crippen LogP contribution in [0.5, 0.6) is 0 Å². The van der Waals surface area contributed by atoms with Gasteiger partial charge in [-0.1, -0.05) is 0 Å². The van der Waals surface area contributed by atoms with Crippen LogP contribution in [0.3, 0.4) is 0 Å². The minimum Gasteiger partial charge on any atom is -0.444 e. The number of hydrogen-bond donors (Lipinski definition) is 0. The topological polar surface area (TPSA) is 67.7 Å². The number of ether oxygens (including phenoxy) is 1. The molecule has 0 radical (unpaired) electrons. The van der Waals surface area contributed by atoms with Crippen molar-refractivity contribution in [2.75, 3.05) is 13.1 Å². The van der Waals surface area contributed by atoms with E-state index in [1.807, 2.05) is 25.7 Å². The van der Waals surface area contributed by atoms with Crippen LogP contribution >= 0.6 is 0 Å². The lowest BCUT2D eigenvalue weighted by Crippen LogP contribution is -2.51. The van der Waals surface area contributed by atoms with Gasteiger partial charge in [-0.05, 0) is 33.6 Å². The highest BCUT2D eigenvalue weighted by molar-refractivity contribution is 5.96. The van der Waals surface area contributed by atoms with E-state index in [1.54, 1.807) is 22.8 Å². The van der Waals surface area contributed by atoms with Crippen LogP contribution in [0.2, 0.25) is 0 Å². The number of likely N-dealkylation sites (tertiary alicyclic amines) is 1. The number of hydrogen-bond acceptors (Lipinski definition) is 4. The zero-order valence-corrected chi connectivity index (χ0v) is 14.2. The fourth-order valence-corrected chi connectivity index (χ4v) is 3.26. The Morgan fingerprint density at radius 1 is 1.39 bits per heavy atom. The van der Waals surface area contributed by atoms with Gasteiger partial charge in [-0.25, -0.2) is 4.79 Å². The van der Waals surface area contributed by atoms with Crippen molar-refractivity contribution < 1.29 is 14.3 Å². The van der Waals surface area contributed by atoms with Crippen LogP contribution in [0, 0.1) is 0 Å². The van der Waals surface area contributed by atoms with E-state index in [0.29, 0.717) is 25.3 Å². The number of piperidine rings is 1. The monoisotopic (exact) mass is 320 g/mol. The maximum atomic E-state index is 12.6. The number of nitrogens with zero attached hydrogens (tertiary/aromatic N) is 4. The molecule has 7 nitrogen and oxygen atoms in total. The zero-order chi connectivity index (χ0) is 16.8. The number of aromatic nitrogens is 2. The standard InChI is InChI=1S/C16H24N4O3/c1-16(2,3)23-15(22)19-7-5-6-12(10-19)20-9-11-8-17-18(4)13(11)14(20)21/h8,12H,5-7,9-10H2,1-4H3/t12-/m0/s1. The van der Waals surface area contributed by atoms with Gasteiger partial charge in [-0.15, -0.1) is 0 Å². The molecule has 0 bridgehead atoms. The summed E-state index contributed by atoms with van der Waals surface area (Å²) in [5, 5.41) is 4.14. The highest BCUT2D eigenvalue weighted by Crippen LogP contribution is 2.28. The molecule has 7 heteroatoms. The van der Waals surface area contributed by atoms with Crippen LogP contribution in [0.4, 0.5) is 4.79 Å². The number of rotatable bonds is 1. The Labute approximate surface area is 136 Å². The maximum absolute atomic E-state index is 12.6. The predicted octanol–water partition coefficient (Wildman–Crippen LogP) is 1.78. The summed E-state index contributed by atoms with van der Waals surface area (Å²) in [6, 6.07) is 0.0381. The van der Waals surface area contributed by atoms with Crippen molar-refractivity contribution in [1.82, 2.24) is 19.6 Å². The van der Waals surface area contributed by atoms with Crippen molar-refractivity contribution in [3.8, 4) is 0 Å². The van der Waals surface area contributed by atoms with E-state index in [9.17, 15) is 9.59 Å². The Morgan fingerprint density at radius 3 is 2.78 bits per heavy atom. The Bertz CT molecular complexity index is 632. The first-order valence-electron chi connectivity index (χ1n) is 8.06. The average Bonchev–Trinajstić information content (AvgIpc) is 2.99. The fourth-order valence-electron chi connectivity index (χ4n) is 3.26. The number of carbonyl (C=O) groups is 2. The summed E-state index contributed by atoms with van der Waals surface area (Å²) in [4.78, 5) is 28.5. The number of fused-ring (bicyclic) bond motifs is 1. The van der Waals surface area contributed by atoms with Crippen molar-refractivity contribution in [2.24, 2.45) is 7.05 Å². The van der Waals surface area contributed by atoms with E-state index >= 15 is 0 Å². The molecule has 0 spiro atoms. The molecule has 0 aliphatic carbocycles. The minimum atomic E-state index is -0.505. The highest BCUT2D eigenvalue weighted by atomic mass is 16.6. The first-order chi connectivity index (χ1) is 10.8. The summed E-state index contributed by atoms with van der Waals surface area (Å²) in [5.41, 5.74) is 1.13. The zero-order valence-electron chi connectivity index (χ0n) is 14.2. The van der Waals surface area contributed by atoms with Gasteiger partial charge in [0.15, 0.2) is 0 Å². The van der Waals surface area contributed by atoms with Crippen molar-refractivity contribution in [2.45, 2.75) is 51.8 Å². The van der Waals surface area contributed by atoms with E-state index in [1.165, 1.54) is 0 Å². The molecule has 1 atom stereocenters. The Kier molecular flexibility index (Phi) is 3.82. The van der Waals surface area contributed by atoms with E-state index in [4.69, 9.17) is 4.74 Å². The summed E-state index contributed by atoms with van der Waals surface area (Å²) in [6.45, 7) is 7.37. The Hall–Kier alpha value is -2.05. The maximum Gasteiger partial charge on any atom is 0.410 e. The first kappa shape index (κ1) is 15.8. The Balaban J connectivity index is 1.68. The summed E-state index contributed by atoms with van der Waals surface area (Å²) < 4.78 is 7.08. The molecular weight excluding hydrogens is 296 g/mol. The van der Waals surface area contributed by atoms with Crippen molar-refractivity contribution in [3.05, 3.63) is 17.5 Å². The van der Waals surface area contributed by atoms with Gasteiger partial charge in [0.2, 0.25) is 0 Å². The van der Waals surface area contributed by atoms with Gasteiger partial charge in [-0.2, -0.15) is 5.10 Å². The second-order valence-electron chi connectivity index (χ2n) is 7.30. The molecule has 0 saturated carbocycles. The van der Waals surface area contributed by atoms with E-state index in [0.717, 1.165) is 18.4 Å². The molecule has 3 heterocycles. The lowest BCUT2D eigenvalue weighted by molar-refractivity contribution is 0.0105. The average molecular weight is 320 g/mol. The molecular formula is C16H24N4O3. The molecule has 2 aliphatic heterocycles. The molecule has 0 aromatic carbocycles. The van der Waals surface area contributed by atoms with Gasteiger partial charge in [-0.3, -0.25) is 9.48 Å². The molecule has 1 aromatic heterocycles. The molecule has 0 unspecified atom stereocenters. The van der Waals surface area contributed by atoms with E-state index in [2.05, 4.69) is 5.10 Å². The third kappa shape index (κ3) is 3.04. The largest absolute Gasteiger partial charge is 0.444 e. The molecule has 0 N–H and O–H groups in total. The summed E-state index contributed by atoms with van der Waals surface area (Å²) in [5.74, 6) is 0.0102. The normalized spacial score (nSPS) is 21.6. The van der Waals surface area contributed by atoms with Gasteiger partial charge in [0.1, 0.15) is 11.3 Å². The number of carbonyl (C=O) groups excluding carboxylic acids is 2. The molecule has 23 heavy (non-hydrogen) atoms.